The molecule has 28 heavy (non-hydrogen) atoms. The molecule has 7 rings (SSSR count). The van der Waals surface area contributed by atoms with Crippen LogP contribution in [0.3, 0.4) is 0 Å². The fourth-order valence-electron chi connectivity index (χ4n) is 6.09. The van der Waals surface area contributed by atoms with Gasteiger partial charge in [-0.2, -0.15) is 5.10 Å². The molecule has 0 unspecified atom stereocenters. The van der Waals surface area contributed by atoms with Crippen molar-refractivity contribution in [2.75, 3.05) is 19.6 Å². The number of piperidine rings is 1. The van der Waals surface area contributed by atoms with E-state index in [1.165, 1.54) is 28.8 Å². The van der Waals surface area contributed by atoms with Gasteiger partial charge in [0.05, 0.1) is 0 Å². The maximum absolute atomic E-state index is 13.4. The first kappa shape index (κ1) is 16.8. The normalized spacial score (nSPS) is 27.1. The fourth-order valence-corrected chi connectivity index (χ4v) is 6.09. The van der Waals surface area contributed by atoms with Gasteiger partial charge in [0.25, 0.3) is 5.91 Å². The number of hydrogen-bond acceptors (Lipinski definition) is 3. The maximum Gasteiger partial charge on any atom is 0.274 e. The number of H-pyrrole nitrogens is 1. The Kier molecular flexibility index (Phi) is 3.86. The predicted molar refractivity (Wildman–Crippen MR) is 107 cm³/mol. The Morgan fingerprint density at radius 3 is 2.64 bits per heavy atom. The molecule has 5 heteroatoms. The first-order valence-electron chi connectivity index (χ1n) is 10.9. The molecule has 146 valence electrons. The second-order valence-electron chi connectivity index (χ2n) is 9.22. The molecule has 2 atom stereocenters. The van der Waals surface area contributed by atoms with Crippen LogP contribution in [0.5, 0.6) is 0 Å². The fraction of sp³-hybridized carbons (Fsp3) is 0.565. The van der Waals surface area contributed by atoms with Crippen molar-refractivity contribution in [3.05, 3.63) is 52.3 Å². The number of nitrogens with one attached hydrogen (secondary N) is 1. The predicted octanol–water partition coefficient (Wildman–Crippen LogP) is 2.60. The van der Waals surface area contributed by atoms with Gasteiger partial charge in [-0.3, -0.25) is 14.8 Å². The first-order valence-corrected chi connectivity index (χ1v) is 10.9. The van der Waals surface area contributed by atoms with Gasteiger partial charge >= 0.3 is 0 Å². The highest BCUT2D eigenvalue weighted by atomic mass is 16.2. The van der Waals surface area contributed by atoms with Gasteiger partial charge < -0.3 is 4.90 Å². The first-order chi connectivity index (χ1) is 13.8. The lowest BCUT2D eigenvalue weighted by Crippen LogP contribution is -2.48. The van der Waals surface area contributed by atoms with Gasteiger partial charge in [-0.1, -0.05) is 24.3 Å². The zero-order valence-electron chi connectivity index (χ0n) is 16.4. The number of aryl methyl sites for hydroxylation is 1. The Hall–Kier alpha value is -2.14. The maximum atomic E-state index is 13.4. The highest BCUT2D eigenvalue weighted by Gasteiger charge is 2.41. The zero-order chi connectivity index (χ0) is 18.7. The molecule has 1 aromatic heterocycles. The van der Waals surface area contributed by atoms with Crippen molar-refractivity contribution in [3.63, 3.8) is 0 Å². The van der Waals surface area contributed by atoms with Crippen LogP contribution in [-0.2, 0) is 25.7 Å². The second kappa shape index (κ2) is 6.45. The molecule has 0 saturated carbocycles. The molecule has 1 amide bonds. The number of amides is 1. The molecule has 2 bridgehead atoms. The quantitative estimate of drug-likeness (QED) is 0.877. The summed E-state index contributed by atoms with van der Waals surface area (Å²) >= 11 is 0. The molecular formula is C23H28N4O. The Labute approximate surface area is 166 Å². The summed E-state index contributed by atoms with van der Waals surface area (Å²) in [4.78, 5) is 18.3. The third kappa shape index (κ3) is 2.63. The van der Waals surface area contributed by atoms with Crippen molar-refractivity contribution in [3.8, 4) is 0 Å². The van der Waals surface area contributed by atoms with Gasteiger partial charge in [-0.05, 0) is 62.0 Å². The minimum absolute atomic E-state index is 0.172. The molecule has 5 nitrogen and oxygen atoms in total. The van der Waals surface area contributed by atoms with E-state index in [2.05, 4.69) is 44.3 Å². The molecule has 3 fully saturated rings. The summed E-state index contributed by atoms with van der Waals surface area (Å²) in [5, 5.41) is 7.54. The average Bonchev–Trinajstić information content (AvgIpc) is 3.37. The summed E-state index contributed by atoms with van der Waals surface area (Å²) in [6, 6.07) is 9.84. The van der Waals surface area contributed by atoms with E-state index in [1.54, 1.807) is 0 Å². The minimum Gasteiger partial charge on any atom is -0.333 e. The van der Waals surface area contributed by atoms with Gasteiger partial charge in [-0.25, -0.2) is 0 Å². The Bertz CT molecular complexity index is 894. The van der Waals surface area contributed by atoms with Crippen molar-refractivity contribution in [1.82, 2.24) is 20.0 Å². The number of rotatable bonds is 2. The highest BCUT2D eigenvalue weighted by molar-refractivity contribution is 5.94. The number of aromatic amines is 1. The highest BCUT2D eigenvalue weighted by Crippen LogP contribution is 2.34. The molecule has 2 aliphatic carbocycles. The van der Waals surface area contributed by atoms with E-state index in [-0.39, 0.29) is 5.91 Å². The molecular weight excluding hydrogens is 348 g/mol. The van der Waals surface area contributed by atoms with Crippen LogP contribution in [0, 0.1) is 5.92 Å². The van der Waals surface area contributed by atoms with E-state index in [4.69, 9.17) is 0 Å². The van der Waals surface area contributed by atoms with E-state index in [9.17, 15) is 4.79 Å². The monoisotopic (exact) mass is 376 g/mol. The number of aromatic nitrogens is 2. The zero-order valence-corrected chi connectivity index (χ0v) is 16.4. The standard InChI is InChI=1S/C23H28N4O/c28-23(22-20-6-3-7-21(20)24-25-22)27-13-15-8-9-18(27)14-26(12-15)19-10-16-4-1-2-5-17(16)11-19/h1-2,4-5,15,18-19H,3,6-14H2,(H,24,25)/t15-,18+/m0/s1. The largest absolute Gasteiger partial charge is 0.333 e. The molecule has 4 heterocycles. The topological polar surface area (TPSA) is 52.2 Å². The molecule has 1 N–H and O–H groups in total. The summed E-state index contributed by atoms with van der Waals surface area (Å²) in [6.07, 6.45) is 7.90. The van der Waals surface area contributed by atoms with Crippen molar-refractivity contribution in [2.45, 2.75) is 57.0 Å². The summed E-state index contributed by atoms with van der Waals surface area (Å²) < 4.78 is 0. The lowest BCUT2D eigenvalue weighted by molar-refractivity contribution is 0.0574. The molecule has 5 aliphatic rings. The Morgan fingerprint density at radius 2 is 1.82 bits per heavy atom. The number of nitrogens with zero attached hydrogens (tertiary/aromatic N) is 3. The van der Waals surface area contributed by atoms with Crippen LogP contribution in [0.1, 0.15) is 52.1 Å². The van der Waals surface area contributed by atoms with Gasteiger partial charge in [0.1, 0.15) is 0 Å². The van der Waals surface area contributed by atoms with E-state index in [0.29, 0.717) is 23.7 Å². The SMILES string of the molecule is O=C(c1n[nH]c2c1CCC2)N1C[C@H]2CC[C@@H]1CN(C1Cc3ccccc3C1)C2. The Balaban J connectivity index is 1.22. The summed E-state index contributed by atoms with van der Waals surface area (Å²) in [5.41, 5.74) is 6.12. The van der Waals surface area contributed by atoms with Crippen molar-refractivity contribution in [2.24, 2.45) is 5.92 Å². The summed E-state index contributed by atoms with van der Waals surface area (Å²) in [5.74, 6) is 0.768. The summed E-state index contributed by atoms with van der Waals surface area (Å²) in [7, 11) is 0. The number of carbonyl (C=O) groups excluding carboxylic acids is 1. The average molecular weight is 377 g/mol. The number of benzene rings is 1. The van der Waals surface area contributed by atoms with Gasteiger partial charge in [-0.15, -0.1) is 0 Å². The van der Waals surface area contributed by atoms with Crippen LogP contribution in [0.25, 0.3) is 0 Å². The second-order valence-corrected chi connectivity index (χ2v) is 9.22. The van der Waals surface area contributed by atoms with Crippen molar-refractivity contribution >= 4 is 5.91 Å². The van der Waals surface area contributed by atoms with Crippen molar-refractivity contribution in [1.29, 1.82) is 0 Å². The van der Waals surface area contributed by atoms with E-state index < -0.39 is 0 Å². The minimum atomic E-state index is 0.172. The van der Waals surface area contributed by atoms with E-state index in [1.807, 2.05) is 0 Å². The van der Waals surface area contributed by atoms with E-state index >= 15 is 0 Å². The third-order valence-electron chi connectivity index (χ3n) is 7.56. The van der Waals surface area contributed by atoms with Crippen LogP contribution in [0.4, 0.5) is 0 Å². The summed E-state index contributed by atoms with van der Waals surface area (Å²) in [6.45, 7) is 3.06. The molecule has 2 aromatic rings. The van der Waals surface area contributed by atoms with Crippen LogP contribution in [-0.4, -0.2) is 57.6 Å². The van der Waals surface area contributed by atoms with Gasteiger partial charge in [0.15, 0.2) is 5.69 Å². The molecule has 1 aromatic carbocycles. The van der Waals surface area contributed by atoms with Crippen molar-refractivity contribution < 1.29 is 4.79 Å². The smallest absolute Gasteiger partial charge is 0.274 e. The number of hydrogen-bond donors (Lipinski definition) is 1. The molecule has 3 saturated heterocycles. The van der Waals surface area contributed by atoms with Crippen LogP contribution >= 0.6 is 0 Å². The van der Waals surface area contributed by atoms with Crippen LogP contribution < -0.4 is 0 Å². The van der Waals surface area contributed by atoms with E-state index in [0.717, 1.165) is 58.2 Å². The lowest BCUT2D eigenvalue weighted by atomic mass is 9.94. The lowest BCUT2D eigenvalue weighted by Gasteiger charge is -2.36. The number of fused-ring (bicyclic) bond motifs is 6. The third-order valence-corrected chi connectivity index (χ3v) is 7.56. The number of carbonyl (C=O) groups is 1. The van der Waals surface area contributed by atoms with Gasteiger partial charge in [0, 0.05) is 43.0 Å². The van der Waals surface area contributed by atoms with Gasteiger partial charge in [0.2, 0.25) is 0 Å². The van der Waals surface area contributed by atoms with Crippen LogP contribution in [0.15, 0.2) is 24.3 Å². The molecule has 3 aliphatic heterocycles. The molecule has 0 spiro atoms. The van der Waals surface area contributed by atoms with Crippen LogP contribution in [0.2, 0.25) is 0 Å². The Morgan fingerprint density at radius 1 is 1.00 bits per heavy atom. The molecule has 0 radical (unpaired) electrons.